The van der Waals surface area contributed by atoms with Crippen molar-refractivity contribution in [2.45, 2.75) is 13.0 Å². The second kappa shape index (κ2) is 5.44. The molecule has 0 radical (unpaired) electrons. The number of urea groups is 1. The van der Waals surface area contributed by atoms with Crippen LogP contribution in [-0.2, 0) is 4.79 Å². The van der Waals surface area contributed by atoms with Crippen LogP contribution in [0.3, 0.4) is 0 Å². The summed E-state index contributed by atoms with van der Waals surface area (Å²) >= 11 is 0. The Morgan fingerprint density at radius 3 is 2.71 bits per heavy atom. The van der Waals surface area contributed by atoms with Crippen LogP contribution in [0.4, 0.5) is 10.5 Å². The first-order valence-corrected chi connectivity index (χ1v) is 7.00. The highest BCUT2D eigenvalue weighted by Crippen LogP contribution is 2.19. The maximum Gasteiger partial charge on any atom is 0.324 e. The lowest BCUT2D eigenvalue weighted by Crippen LogP contribution is -2.43. The number of nitrogens with zero attached hydrogens (tertiary/aromatic N) is 1. The van der Waals surface area contributed by atoms with Crippen LogP contribution >= 0.6 is 0 Å². The third-order valence-electron chi connectivity index (χ3n) is 3.63. The number of hydrogen-bond acceptors (Lipinski definition) is 3. The van der Waals surface area contributed by atoms with E-state index >= 15 is 0 Å². The fraction of sp³-hybridized carbons (Fsp3) is 0.250. The molecule has 3 amide bonds. The summed E-state index contributed by atoms with van der Waals surface area (Å²) in [6.45, 7) is 2.72. The molecule has 3 rings (SSSR count). The van der Waals surface area contributed by atoms with Gasteiger partial charge in [0.15, 0.2) is 0 Å². The van der Waals surface area contributed by atoms with Crippen molar-refractivity contribution in [1.29, 1.82) is 0 Å². The number of hydrogen-bond donors (Lipinski definition) is 2. The molecule has 1 heterocycles. The van der Waals surface area contributed by atoms with Crippen LogP contribution in [-0.4, -0.2) is 36.0 Å². The maximum absolute atomic E-state index is 12.2. The van der Waals surface area contributed by atoms with Crippen LogP contribution in [0, 0.1) is 0 Å². The molecule has 1 unspecified atom stereocenters. The van der Waals surface area contributed by atoms with Gasteiger partial charge in [-0.05, 0) is 29.8 Å². The van der Waals surface area contributed by atoms with Crippen molar-refractivity contribution in [3.05, 3.63) is 42.5 Å². The Morgan fingerprint density at radius 1 is 1.24 bits per heavy atom. The molecule has 5 heteroatoms. The number of benzene rings is 2. The molecule has 0 spiro atoms. The van der Waals surface area contributed by atoms with E-state index in [4.69, 9.17) is 0 Å². The number of nitrogens with one attached hydrogen (secondary N) is 2. The van der Waals surface area contributed by atoms with E-state index in [1.807, 2.05) is 42.5 Å². The summed E-state index contributed by atoms with van der Waals surface area (Å²) in [7, 11) is 0. The van der Waals surface area contributed by atoms with Crippen LogP contribution < -0.4 is 10.6 Å². The predicted octanol–water partition coefficient (Wildman–Crippen LogP) is 2.19. The summed E-state index contributed by atoms with van der Waals surface area (Å²) in [6.07, 6.45) is 0. The molecular formula is C16H17N3O2. The quantitative estimate of drug-likeness (QED) is 0.907. The van der Waals surface area contributed by atoms with Gasteiger partial charge in [-0.1, -0.05) is 30.3 Å². The van der Waals surface area contributed by atoms with Crippen molar-refractivity contribution in [3.8, 4) is 0 Å². The first-order chi connectivity index (χ1) is 10.1. The summed E-state index contributed by atoms with van der Waals surface area (Å²) in [5.74, 6) is -0.210. The standard InChI is InChI=1S/C16H17N3O2/c1-11(15(20)19-9-8-17-16(19)21)18-14-7-6-12-4-2-3-5-13(12)10-14/h2-7,10-11,18H,8-9H2,1H3,(H,17,21). The molecule has 0 saturated carbocycles. The van der Waals surface area contributed by atoms with E-state index in [1.165, 1.54) is 4.90 Å². The second-order valence-corrected chi connectivity index (χ2v) is 5.15. The van der Waals surface area contributed by atoms with Crippen molar-refractivity contribution in [2.75, 3.05) is 18.4 Å². The molecule has 1 saturated heterocycles. The van der Waals surface area contributed by atoms with Gasteiger partial charge in [0, 0.05) is 18.8 Å². The van der Waals surface area contributed by atoms with Gasteiger partial charge in [-0.15, -0.1) is 0 Å². The van der Waals surface area contributed by atoms with E-state index in [2.05, 4.69) is 10.6 Å². The summed E-state index contributed by atoms with van der Waals surface area (Å²) in [6, 6.07) is 13.2. The molecule has 108 valence electrons. The fourth-order valence-electron chi connectivity index (χ4n) is 2.51. The molecule has 0 bridgehead atoms. The lowest BCUT2D eigenvalue weighted by Gasteiger charge is -2.20. The van der Waals surface area contributed by atoms with Crippen molar-refractivity contribution < 1.29 is 9.59 Å². The van der Waals surface area contributed by atoms with Crippen LogP contribution in [0.15, 0.2) is 42.5 Å². The summed E-state index contributed by atoms with van der Waals surface area (Å²) in [5, 5.41) is 8.06. The summed E-state index contributed by atoms with van der Waals surface area (Å²) in [5.41, 5.74) is 0.870. The van der Waals surface area contributed by atoms with E-state index in [1.54, 1.807) is 6.92 Å². The van der Waals surface area contributed by atoms with Gasteiger partial charge in [-0.2, -0.15) is 0 Å². The number of fused-ring (bicyclic) bond motifs is 1. The highest BCUT2D eigenvalue weighted by molar-refractivity contribution is 5.99. The first kappa shape index (κ1) is 13.4. The molecule has 1 atom stereocenters. The number of anilines is 1. The minimum atomic E-state index is -0.449. The topological polar surface area (TPSA) is 61.4 Å². The predicted molar refractivity (Wildman–Crippen MR) is 82.1 cm³/mol. The lowest BCUT2D eigenvalue weighted by molar-refractivity contribution is -0.128. The summed E-state index contributed by atoms with van der Waals surface area (Å²) in [4.78, 5) is 25.0. The number of carbonyl (C=O) groups excluding carboxylic acids is 2. The van der Waals surface area contributed by atoms with Crippen molar-refractivity contribution in [2.24, 2.45) is 0 Å². The molecule has 1 aliphatic heterocycles. The zero-order valence-electron chi connectivity index (χ0n) is 11.8. The normalized spacial score (nSPS) is 15.9. The molecule has 2 aromatic carbocycles. The van der Waals surface area contributed by atoms with Crippen molar-refractivity contribution >= 4 is 28.4 Å². The van der Waals surface area contributed by atoms with Crippen LogP contribution in [0.5, 0.6) is 0 Å². The van der Waals surface area contributed by atoms with E-state index in [0.717, 1.165) is 16.5 Å². The Labute approximate surface area is 122 Å². The van der Waals surface area contributed by atoms with Gasteiger partial charge in [0.1, 0.15) is 6.04 Å². The van der Waals surface area contributed by atoms with Gasteiger partial charge in [0.25, 0.3) is 5.91 Å². The molecule has 1 aliphatic rings. The van der Waals surface area contributed by atoms with Gasteiger partial charge in [-0.3, -0.25) is 9.69 Å². The van der Waals surface area contributed by atoms with Gasteiger partial charge < -0.3 is 10.6 Å². The molecule has 0 aliphatic carbocycles. The van der Waals surface area contributed by atoms with Crippen LogP contribution in [0.2, 0.25) is 0 Å². The van der Waals surface area contributed by atoms with E-state index in [-0.39, 0.29) is 11.9 Å². The highest BCUT2D eigenvalue weighted by Gasteiger charge is 2.29. The maximum atomic E-state index is 12.2. The summed E-state index contributed by atoms with van der Waals surface area (Å²) < 4.78 is 0. The zero-order chi connectivity index (χ0) is 14.8. The average Bonchev–Trinajstić information content (AvgIpc) is 2.92. The van der Waals surface area contributed by atoms with Crippen molar-refractivity contribution in [3.63, 3.8) is 0 Å². The Morgan fingerprint density at radius 2 is 2.00 bits per heavy atom. The van der Waals surface area contributed by atoms with Crippen LogP contribution in [0.25, 0.3) is 10.8 Å². The molecule has 0 aromatic heterocycles. The average molecular weight is 283 g/mol. The minimum Gasteiger partial charge on any atom is -0.374 e. The molecule has 2 aromatic rings. The third kappa shape index (κ3) is 2.67. The SMILES string of the molecule is CC(Nc1ccc2ccccc2c1)C(=O)N1CCNC1=O. The lowest BCUT2D eigenvalue weighted by atomic mass is 10.1. The Kier molecular flexibility index (Phi) is 3.48. The monoisotopic (exact) mass is 283 g/mol. The van der Waals surface area contributed by atoms with Crippen molar-refractivity contribution in [1.82, 2.24) is 10.2 Å². The number of amides is 3. The number of imide groups is 1. The fourth-order valence-corrected chi connectivity index (χ4v) is 2.51. The minimum absolute atomic E-state index is 0.210. The Hall–Kier alpha value is -2.56. The Balaban J connectivity index is 1.75. The second-order valence-electron chi connectivity index (χ2n) is 5.15. The van der Waals surface area contributed by atoms with Gasteiger partial charge in [-0.25, -0.2) is 4.79 Å². The molecule has 5 nitrogen and oxygen atoms in total. The largest absolute Gasteiger partial charge is 0.374 e. The highest BCUT2D eigenvalue weighted by atomic mass is 16.2. The van der Waals surface area contributed by atoms with Gasteiger partial charge in [0.2, 0.25) is 0 Å². The van der Waals surface area contributed by atoms with Gasteiger partial charge in [0.05, 0.1) is 0 Å². The number of carbonyl (C=O) groups is 2. The van der Waals surface area contributed by atoms with Gasteiger partial charge >= 0.3 is 6.03 Å². The number of rotatable bonds is 3. The molecular weight excluding hydrogens is 266 g/mol. The molecule has 1 fully saturated rings. The molecule has 2 N–H and O–H groups in total. The Bertz CT molecular complexity index is 699. The zero-order valence-corrected chi connectivity index (χ0v) is 11.8. The van der Waals surface area contributed by atoms with E-state index < -0.39 is 6.04 Å². The van der Waals surface area contributed by atoms with E-state index in [0.29, 0.717) is 13.1 Å². The van der Waals surface area contributed by atoms with E-state index in [9.17, 15) is 9.59 Å². The van der Waals surface area contributed by atoms with Crippen LogP contribution in [0.1, 0.15) is 6.92 Å². The first-order valence-electron chi connectivity index (χ1n) is 7.00. The molecule has 21 heavy (non-hydrogen) atoms. The smallest absolute Gasteiger partial charge is 0.324 e. The third-order valence-corrected chi connectivity index (χ3v) is 3.63.